The number of para-hydroxylation sites is 1. The van der Waals surface area contributed by atoms with Crippen molar-refractivity contribution < 1.29 is 9.21 Å². The van der Waals surface area contributed by atoms with Gasteiger partial charge in [0.05, 0.1) is 5.56 Å². The van der Waals surface area contributed by atoms with Crippen LogP contribution in [0, 0.1) is 0 Å². The molecule has 0 bridgehead atoms. The van der Waals surface area contributed by atoms with Crippen LogP contribution in [0.5, 0.6) is 0 Å². The lowest BCUT2D eigenvalue weighted by Crippen LogP contribution is -2.27. The zero-order valence-corrected chi connectivity index (χ0v) is 11.3. The third kappa shape index (κ3) is 3.15. The van der Waals surface area contributed by atoms with Crippen molar-refractivity contribution in [3.8, 4) is 0 Å². The minimum absolute atomic E-state index is 0.0118. The van der Waals surface area contributed by atoms with E-state index in [1.807, 2.05) is 31.3 Å². The first kappa shape index (κ1) is 13.6. The molecule has 4 heteroatoms. The van der Waals surface area contributed by atoms with Crippen LogP contribution in [0.4, 0.5) is 0 Å². The highest BCUT2D eigenvalue weighted by atomic mass is 16.3. The molecule has 0 aliphatic heterocycles. The van der Waals surface area contributed by atoms with Gasteiger partial charge in [-0.05, 0) is 25.5 Å². The first-order valence-electron chi connectivity index (χ1n) is 6.66. The first-order chi connectivity index (χ1) is 9.24. The molecule has 2 N–H and O–H groups in total. The molecule has 0 atom stereocenters. The number of furan rings is 1. The number of carbonyl (C=O) groups is 1. The van der Waals surface area contributed by atoms with Gasteiger partial charge in [0.1, 0.15) is 11.8 Å². The van der Waals surface area contributed by atoms with E-state index in [0.29, 0.717) is 12.1 Å². The molecule has 0 spiro atoms. The van der Waals surface area contributed by atoms with Gasteiger partial charge in [-0.1, -0.05) is 24.6 Å². The summed E-state index contributed by atoms with van der Waals surface area (Å²) in [6, 6.07) is 7.59. The van der Waals surface area contributed by atoms with E-state index in [1.165, 1.54) is 0 Å². The molecular formula is C15H20N2O2. The van der Waals surface area contributed by atoms with E-state index in [1.54, 1.807) is 11.2 Å². The van der Waals surface area contributed by atoms with Crippen molar-refractivity contribution in [2.45, 2.75) is 19.3 Å². The van der Waals surface area contributed by atoms with Gasteiger partial charge in [0.25, 0.3) is 5.91 Å². The van der Waals surface area contributed by atoms with Gasteiger partial charge in [-0.3, -0.25) is 4.79 Å². The third-order valence-electron chi connectivity index (χ3n) is 3.26. The SMILES string of the molecule is CN(CCCCCN)C(=O)c1coc2ccccc12. The maximum absolute atomic E-state index is 12.3. The lowest BCUT2D eigenvalue weighted by molar-refractivity contribution is 0.0793. The van der Waals surface area contributed by atoms with Crippen molar-refractivity contribution in [3.63, 3.8) is 0 Å². The number of nitrogens with zero attached hydrogens (tertiary/aromatic N) is 1. The van der Waals surface area contributed by atoms with Crippen LogP contribution in [-0.4, -0.2) is 30.9 Å². The van der Waals surface area contributed by atoms with Crippen LogP contribution >= 0.6 is 0 Å². The van der Waals surface area contributed by atoms with Crippen LogP contribution in [0.3, 0.4) is 0 Å². The van der Waals surface area contributed by atoms with Gasteiger partial charge >= 0.3 is 0 Å². The molecule has 1 amide bonds. The maximum Gasteiger partial charge on any atom is 0.257 e. The Balaban J connectivity index is 2.02. The molecule has 2 rings (SSSR count). The molecule has 1 aromatic heterocycles. The number of hydrogen-bond donors (Lipinski definition) is 1. The summed E-state index contributed by atoms with van der Waals surface area (Å²) in [6.07, 6.45) is 4.59. The average Bonchev–Trinajstić information content (AvgIpc) is 2.86. The fraction of sp³-hybridized carbons (Fsp3) is 0.400. The number of carbonyl (C=O) groups excluding carboxylic acids is 1. The Labute approximate surface area is 113 Å². The van der Waals surface area contributed by atoms with Gasteiger partial charge in [-0.2, -0.15) is 0 Å². The molecule has 19 heavy (non-hydrogen) atoms. The van der Waals surface area contributed by atoms with Crippen molar-refractivity contribution in [2.75, 3.05) is 20.1 Å². The molecule has 0 fully saturated rings. The molecule has 0 saturated heterocycles. The number of amides is 1. The zero-order chi connectivity index (χ0) is 13.7. The van der Waals surface area contributed by atoms with E-state index in [9.17, 15) is 4.79 Å². The van der Waals surface area contributed by atoms with Gasteiger partial charge in [-0.25, -0.2) is 0 Å². The Kier molecular flexibility index (Phi) is 4.58. The van der Waals surface area contributed by atoms with E-state index < -0.39 is 0 Å². The number of benzene rings is 1. The standard InChI is InChI=1S/C15H20N2O2/c1-17(10-6-2-5-9-16)15(18)13-11-19-14-8-4-3-7-12(13)14/h3-4,7-8,11H,2,5-6,9-10,16H2,1H3. The summed E-state index contributed by atoms with van der Waals surface area (Å²) in [7, 11) is 1.83. The fourth-order valence-corrected chi connectivity index (χ4v) is 2.12. The second kappa shape index (κ2) is 6.38. The highest BCUT2D eigenvalue weighted by Gasteiger charge is 2.16. The zero-order valence-electron chi connectivity index (χ0n) is 11.3. The predicted molar refractivity (Wildman–Crippen MR) is 76.1 cm³/mol. The lowest BCUT2D eigenvalue weighted by atomic mass is 10.1. The Hall–Kier alpha value is -1.81. The quantitative estimate of drug-likeness (QED) is 0.812. The number of nitrogens with two attached hydrogens (primary N) is 1. The highest BCUT2D eigenvalue weighted by molar-refractivity contribution is 6.05. The molecule has 2 aromatic rings. The van der Waals surface area contributed by atoms with Crippen molar-refractivity contribution in [1.29, 1.82) is 0 Å². The van der Waals surface area contributed by atoms with Crippen LogP contribution in [0.2, 0.25) is 0 Å². The summed E-state index contributed by atoms with van der Waals surface area (Å²) in [4.78, 5) is 14.1. The molecule has 4 nitrogen and oxygen atoms in total. The Bertz CT molecular complexity index is 548. The summed E-state index contributed by atoms with van der Waals surface area (Å²) < 4.78 is 5.40. The smallest absolute Gasteiger partial charge is 0.257 e. The molecule has 102 valence electrons. The van der Waals surface area contributed by atoms with Gasteiger partial charge in [0, 0.05) is 19.0 Å². The van der Waals surface area contributed by atoms with E-state index in [4.69, 9.17) is 10.2 Å². The highest BCUT2D eigenvalue weighted by Crippen LogP contribution is 2.21. The Morgan fingerprint density at radius 1 is 1.26 bits per heavy atom. The second-order valence-electron chi connectivity index (χ2n) is 4.72. The Morgan fingerprint density at radius 2 is 2.05 bits per heavy atom. The molecular weight excluding hydrogens is 240 g/mol. The van der Waals surface area contributed by atoms with Crippen molar-refractivity contribution >= 4 is 16.9 Å². The van der Waals surface area contributed by atoms with Crippen LogP contribution < -0.4 is 5.73 Å². The maximum atomic E-state index is 12.3. The molecule has 0 aliphatic rings. The number of rotatable bonds is 6. The molecule has 0 saturated carbocycles. The molecule has 1 aromatic carbocycles. The van der Waals surface area contributed by atoms with E-state index in [2.05, 4.69) is 0 Å². The number of hydrogen-bond acceptors (Lipinski definition) is 3. The van der Waals surface area contributed by atoms with E-state index in [-0.39, 0.29) is 5.91 Å². The van der Waals surface area contributed by atoms with E-state index in [0.717, 1.165) is 36.8 Å². The summed E-state index contributed by atoms with van der Waals surface area (Å²) in [5.41, 5.74) is 6.84. The van der Waals surface area contributed by atoms with Crippen LogP contribution in [0.25, 0.3) is 11.0 Å². The largest absolute Gasteiger partial charge is 0.463 e. The molecule has 0 radical (unpaired) electrons. The minimum Gasteiger partial charge on any atom is -0.463 e. The third-order valence-corrected chi connectivity index (χ3v) is 3.26. The summed E-state index contributed by atoms with van der Waals surface area (Å²) in [6.45, 7) is 1.46. The number of fused-ring (bicyclic) bond motifs is 1. The van der Waals surface area contributed by atoms with Crippen LogP contribution in [0.1, 0.15) is 29.6 Å². The summed E-state index contributed by atoms with van der Waals surface area (Å²) in [5, 5.41) is 0.876. The molecule has 0 unspecified atom stereocenters. The van der Waals surface area contributed by atoms with Gasteiger partial charge in [-0.15, -0.1) is 0 Å². The predicted octanol–water partition coefficient (Wildman–Crippen LogP) is 2.63. The summed E-state index contributed by atoms with van der Waals surface area (Å²) in [5.74, 6) is 0.0118. The normalized spacial score (nSPS) is 10.8. The van der Waals surface area contributed by atoms with Gasteiger partial charge < -0.3 is 15.1 Å². The fourth-order valence-electron chi connectivity index (χ4n) is 2.12. The van der Waals surface area contributed by atoms with Gasteiger partial charge in [0.15, 0.2) is 0 Å². The van der Waals surface area contributed by atoms with Crippen molar-refractivity contribution in [1.82, 2.24) is 4.90 Å². The monoisotopic (exact) mass is 260 g/mol. The second-order valence-corrected chi connectivity index (χ2v) is 4.72. The van der Waals surface area contributed by atoms with E-state index >= 15 is 0 Å². The average molecular weight is 260 g/mol. The molecule has 1 heterocycles. The topological polar surface area (TPSA) is 59.5 Å². The van der Waals surface area contributed by atoms with Crippen molar-refractivity contribution in [2.24, 2.45) is 5.73 Å². The van der Waals surface area contributed by atoms with Crippen LogP contribution in [-0.2, 0) is 0 Å². The number of unbranched alkanes of at least 4 members (excludes halogenated alkanes) is 2. The minimum atomic E-state index is 0.0118. The van der Waals surface area contributed by atoms with Gasteiger partial charge in [0.2, 0.25) is 0 Å². The summed E-state index contributed by atoms with van der Waals surface area (Å²) >= 11 is 0. The first-order valence-corrected chi connectivity index (χ1v) is 6.66. The Morgan fingerprint density at radius 3 is 2.84 bits per heavy atom. The van der Waals surface area contributed by atoms with Crippen LogP contribution in [0.15, 0.2) is 34.9 Å². The van der Waals surface area contributed by atoms with Crippen molar-refractivity contribution in [3.05, 3.63) is 36.1 Å². The lowest BCUT2D eigenvalue weighted by Gasteiger charge is -2.16. The molecule has 0 aliphatic carbocycles.